The highest BCUT2D eigenvalue weighted by atomic mass is 35.5. The lowest BCUT2D eigenvalue weighted by Gasteiger charge is -2.29. The summed E-state index contributed by atoms with van der Waals surface area (Å²) in [5.74, 6) is -0.542. The Morgan fingerprint density at radius 3 is 2.94 bits per heavy atom. The van der Waals surface area contributed by atoms with Crippen molar-refractivity contribution >= 4 is 24.0 Å². The molecule has 1 aliphatic heterocycles. The van der Waals surface area contributed by atoms with Crippen molar-refractivity contribution in [1.82, 2.24) is 5.32 Å². The van der Waals surface area contributed by atoms with Gasteiger partial charge in [0.15, 0.2) is 0 Å². The summed E-state index contributed by atoms with van der Waals surface area (Å²) in [4.78, 5) is 11.5. The molecule has 4 nitrogen and oxygen atoms in total. The molecule has 1 saturated heterocycles. The van der Waals surface area contributed by atoms with E-state index in [9.17, 15) is 9.18 Å². The first-order valence-electron chi connectivity index (χ1n) is 5.45. The van der Waals surface area contributed by atoms with Gasteiger partial charge in [0.1, 0.15) is 5.82 Å². The van der Waals surface area contributed by atoms with Crippen molar-refractivity contribution in [3.8, 4) is 0 Å². The molecule has 1 aliphatic rings. The van der Waals surface area contributed by atoms with E-state index >= 15 is 0 Å². The maximum Gasteiger partial charge on any atom is 0.223 e. The van der Waals surface area contributed by atoms with Gasteiger partial charge in [-0.15, -0.1) is 12.4 Å². The molecule has 1 heterocycles. The van der Waals surface area contributed by atoms with E-state index in [0.29, 0.717) is 24.3 Å². The van der Waals surface area contributed by atoms with Crippen LogP contribution >= 0.6 is 12.4 Å². The van der Waals surface area contributed by atoms with Crippen LogP contribution in [-0.4, -0.2) is 19.1 Å². The van der Waals surface area contributed by atoms with Gasteiger partial charge in [0.05, 0.1) is 18.8 Å². The van der Waals surface area contributed by atoms with E-state index in [1.807, 2.05) is 0 Å². The van der Waals surface area contributed by atoms with Crippen molar-refractivity contribution < 1.29 is 13.9 Å². The molecule has 6 heteroatoms. The Morgan fingerprint density at radius 1 is 1.50 bits per heavy atom. The number of carbonyl (C=O) groups is 1. The van der Waals surface area contributed by atoms with E-state index in [-0.39, 0.29) is 24.9 Å². The van der Waals surface area contributed by atoms with Gasteiger partial charge < -0.3 is 15.8 Å². The molecule has 0 radical (unpaired) electrons. The van der Waals surface area contributed by atoms with Gasteiger partial charge in [0.2, 0.25) is 5.91 Å². The van der Waals surface area contributed by atoms with E-state index in [1.54, 1.807) is 6.92 Å². The van der Waals surface area contributed by atoms with Gasteiger partial charge in [-0.2, -0.15) is 0 Å². The molecule has 1 atom stereocenters. The van der Waals surface area contributed by atoms with E-state index in [2.05, 4.69) is 5.32 Å². The largest absolute Gasteiger partial charge is 0.399 e. The predicted octanol–water partition coefficient (Wildman–Crippen LogP) is 1.58. The molecule has 100 valence electrons. The molecular formula is C12H16ClFN2O2. The number of anilines is 1. The topological polar surface area (TPSA) is 64.3 Å². The van der Waals surface area contributed by atoms with E-state index < -0.39 is 11.4 Å². The average molecular weight is 275 g/mol. The molecule has 1 amide bonds. The highest BCUT2D eigenvalue weighted by Gasteiger charge is 2.33. The van der Waals surface area contributed by atoms with Crippen molar-refractivity contribution in [1.29, 1.82) is 0 Å². The van der Waals surface area contributed by atoms with E-state index in [1.165, 1.54) is 18.2 Å². The van der Waals surface area contributed by atoms with Gasteiger partial charge in [-0.1, -0.05) is 0 Å². The smallest absolute Gasteiger partial charge is 0.223 e. The molecule has 0 bridgehead atoms. The molecule has 1 aromatic carbocycles. The standard InChI is InChI=1S/C12H15FN2O2.ClH/c1-12(7-17-5-4-11(16)15-12)9-6-8(14)2-3-10(9)13;/h2-3,6H,4-5,7,14H2,1H3,(H,15,16);1H. The van der Waals surface area contributed by atoms with Gasteiger partial charge in [-0.3, -0.25) is 4.79 Å². The van der Waals surface area contributed by atoms with Crippen LogP contribution in [0.5, 0.6) is 0 Å². The zero-order valence-electron chi connectivity index (χ0n) is 10.0. The first-order chi connectivity index (χ1) is 8.01. The molecule has 0 aromatic heterocycles. The second-order valence-corrected chi connectivity index (χ2v) is 4.42. The van der Waals surface area contributed by atoms with Crippen LogP contribution in [0.2, 0.25) is 0 Å². The molecule has 1 unspecified atom stereocenters. The summed E-state index contributed by atoms with van der Waals surface area (Å²) in [6.45, 7) is 2.32. The summed E-state index contributed by atoms with van der Waals surface area (Å²) >= 11 is 0. The Hall–Kier alpha value is -1.33. The van der Waals surface area contributed by atoms with Crippen LogP contribution in [0.25, 0.3) is 0 Å². The summed E-state index contributed by atoms with van der Waals surface area (Å²) < 4.78 is 19.1. The van der Waals surface area contributed by atoms with Gasteiger partial charge in [-0.25, -0.2) is 4.39 Å². The van der Waals surface area contributed by atoms with Crippen LogP contribution in [0, 0.1) is 5.82 Å². The zero-order valence-corrected chi connectivity index (χ0v) is 10.8. The quantitative estimate of drug-likeness (QED) is 0.764. The lowest BCUT2D eigenvalue weighted by molar-refractivity contribution is -0.122. The van der Waals surface area contributed by atoms with Crippen molar-refractivity contribution in [2.75, 3.05) is 18.9 Å². The number of ether oxygens (including phenoxy) is 1. The third kappa shape index (κ3) is 2.91. The lowest BCUT2D eigenvalue weighted by atomic mass is 9.92. The van der Waals surface area contributed by atoms with Gasteiger partial charge in [0.25, 0.3) is 0 Å². The monoisotopic (exact) mass is 274 g/mol. The number of nitrogens with two attached hydrogens (primary N) is 1. The lowest BCUT2D eigenvalue weighted by Crippen LogP contribution is -2.45. The zero-order chi connectivity index (χ0) is 12.5. The van der Waals surface area contributed by atoms with Crippen molar-refractivity contribution in [2.24, 2.45) is 0 Å². The summed E-state index contributed by atoms with van der Waals surface area (Å²) in [7, 11) is 0. The molecule has 2 rings (SSSR count). The van der Waals surface area contributed by atoms with Crippen LogP contribution in [0.15, 0.2) is 18.2 Å². The molecule has 0 saturated carbocycles. The Morgan fingerprint density at radius 2 is 2.22 bits per heavy atom. The van der Waals surface area contributed by atoms with Crippen LogP contribution in [0.4, 0.5) is 10.1 Å². The minimum absolute atomic E-state index is 0. The number of nitrogen functional groups attached to an aromatic ring is 1. The fourth-order valence-electron chi connectivity index (χ4n) is 1.96. The summed E-state index contributed by atoms with van der Waals surface area (Å²) in [5, 5.41) is 2.78. The molecule has 0 aliphatic carbocycles. The highest BCUT2D eigenvalue weighted by Crippen LogP contribution is 2.27. The Balaban J connectivity index is 0.00000162. The Bertz CT molecular complexity index is 456. The Labute approximate surface area is 111 Å². The van der Waals surface area contributed by atoms with Gasteiger partial charge >= 0.3 is 0 Å². The second-order valence-electron chi connectivity index (χ2n) is 4.42. The predicted molar refractivity (Wildman–Crippen MR) is 69.0 cm³/mol. The van der Waals surface area contributed by atoms with Crippen molar-refractivity contribution in [2.45, 2.75) is 18.9 Å². The maximum atomic E-state index is 13.8. The molecule has 0 spiro atoms. The van der Waals surface area contributed by atoms with Crippen molar-refractivity contribution in [3.05, 3.63) is 29.6 Å². The summed E-state index contributed by atoms with van der Waals surface area (Å²) in [5.41, 5.74) is 5.59. The number of hydrogen-bond donors (Lipinski definition) is 2. The normalized spacial score (nSPS) is 23.8. The fourth-order valence-corrected chi connectivity index (χ4v) is 1.96. The van der Waals surface area contributed by atoms with Crippen LogP contribution in [0.3, 0.4) is 0 Å². The average Bonchev–Trinajstić information content (AvgIpc) is 2.44. The number of amides is 1. The summed E-state index contributed by atoms with van der Waals surface area (Å²) in [6.07, 6.45) is 0.291. The summed E-state index contributed by atoms with van der Waals surface area (Å²) in [6, 6.07) is 4.32. The molecular weight excluding hydrogens is 259 g/mol. The van der Waals surface area contributed by atoms with Crippen LogP contribution < -0.4 is 11.1 Å². The second kappa shape index (κ2) is 5.54. The number of benzene rings is 1. The fraction of sp³-hybridized carbons (Fsp3) is 0.417. The molecule has 1 fully saturated rings. The third-order valence-electron chi connectivity index (χ3n) is 2.86. The third-order valence-corrected chi connectivity index (χ3v) is 2.86. The minimum atomic E-state index is -0.868. The molecule has 3 N–H and O–H groups in total. The Kier molecular flexibility index (Phi) is 4.53. The number of hydrogen-bond acceptors (Lipinski definition) is 3. The van der Waals surface area contributed by atoms with Crippen molar-refractivity contribution in [3.63, 3.8) is 0 Å². The van der Waals surface area contributed by atoms with Crippen LogP contribution in [-0.2, 0) is 15.1 Å². The van der Waals surface area contributed by atoms with E-state index in [0.717, 1.165) is 0 Å². The van der Waals surface area contributed by atoms with Gasteiger partial charge in [-0.05, 0) is 25.1 Å². The van der Waals surface area contributed by atoms with Gasteiger partial charge in [0, 0.05) is 17.7 Å². The number of rotatable bonds is 1. The minimum Gasteiger partial charge on any atom is -0.399 e. The number of carbonyl (C=O) groups excluding carboxylic acids is 1. The maximum absolute atomic E-state index is 13.8. The first-order valence-corrected chi connectivity index (χ1v) is 5.45. The van der Waals surface area contributed by atoms with Crippen LogP contribution in [0.1, 0.15) is 18.9 Å². The number of nitrogens with one attached hydrogen (secondary N) is 1. The SMILES string of the molecule is CC1(c2cc(N)ccc2F)COCCC(=O)N1.Cl. The van der Waals surface area contributed by atoms with E-state index in [4.69, 9.17) is 10.5 Å². The highest BCUT2D eigenvalue weighted by molar-refractivity contribution is 5.85. The number of halogens is 2. The molecule has 18 heavy (non-hydrogen) atoms. The first kappa shape index (κ1) is 14.7. The molecule has 1 aromatic rings.